The quantitative estimate of drug-likeness (QED) is 0.739. The zero-order valence-corrected chi connectivity index (χ0v) is 14.7. The lowest BCUT2D eigenvalue weighted by atomic mass is 10.4. The standard InChI is InChI=1S/C14H16N4O3S2/c1-17(2)14-16-12-9(23-14)7-10(22-12)13(20)21-8-11(19)18(3)6-4-5-15/h7H,4,6,8H2,1-3H3. The number of anilines is 1. The van der Waals surface area contributed by atoms with E-state index < -0.39 is 5.97 Å². The van der Waals surface area contributed by atoms with Crippen LogP contribution in [0.1, 0.15) is 16.1 Å². The molecule has 0 atom stereocenters. The smallest absolute Gasteiger partial charge is 0.348 e. The van der Waals surface area contributed by atoms with Crippen LogP contribution in [0.3, 0.4) is 0 Å². The Labute approximate surface area is 141 Å². The molecule has 2 aromatic heterocycles. The number of carbonyl (C=O) groups excluding carboxylic acids is 2. The Morgan fingerprint density at radius 2 is 2.09 bits per heavy atom. The maximum absolute atomic E-state index is 12.0. The van der Waals surface area contributed by atoms with E-state index in [1.807, 2.05) is 25.1 Å². The zero-order valence-electron chi connectivity index (χ0n) is 13.0. The number of hydrogen-bond donors (Lipinski definition) is 0. The van der Waals surface area contributed by atoms with Crippen molar-refractivity contribution in [3.63, 3.8) is 0 Å². The number of aromatic nitrogens is 1. The third-order valence-corrected chi connectivity index (χ3v) is 5.28. The number of thiophene rings is 1. The van der Waals surface area contributed by atoms with Crippen LogP contribution in [-0.2, 0) is 9.53 Å². The molecule has 0 saturated heterocycles. The lowest BCUT2D eigenvalue weighted by Gasteiger charge is -2.14. The van der Waals surface area contributed by atoms with Crippen LogP contribution in [0.25, 0.3) is 9.53 Å². The van der Waals surface area contributed by atoms with Gasteiger partial charge in [-0.2, -0.15) is 5.26 Å². The third kappa shape index (κ3) is 4.18. The van der Waals surface area contributed by atoms with E-state index in [0.717, 1.165) is 14.7 Å². The third-order valence-electron chi connectivity index (χ3n) is 2.97. The Morgan fingerprint density at radius 3 is 2.70 bits per heavy atom. The van der Waals surface area contributed by atoms with Gasteiger partial charge in [0, 0.05) is 27.7 Å². The molecule has 2 aromatic rings. The molecule has 0 aliphatic heterocycles. The molecule has 0 aromatic carbocycles. The number of hydrogen-bond acceptors (Lipinski definition) is 8. The number of amides is 1. The number of nitrogens with zero attached hydrogens (tertiary/aromatic N) is 4. The van der Waals surface area contributed by atoms with Gasteiger partial charge in [-0.05, 0) is 6.07 Å². The van der Waals surface area contributed by atoms with E-state index >= 15 is 0 Å². The van der Waals surface area contributed by atoms with Crippen LogP contribution < -0.4 is 4.90 Å². The average molecular weight is 352 g/mol. The van der Waals surface area contributed by atoms with Gasteiger partial charge >= 0.3 is 5.97 Å². The SMILES string of the molecule is CN(CCC#N)C(=O)COC(=O)c1cc2sc(N(C)C)nc2s1. The molecule has 1 amide bonds. The molecule has 0 spiro atoms. The van der Waals surface area contributed by atoms with Gasteiger partial charge in [0.05, 0.1) is 17.2 Å². The highest BCUT2D eigenvalue weighted by Gasteiger charge is 2.18. The predicted molar refractivity (Wildman–Crippen MR) is 90.0 cm³/mol. The van der Waals surface area contributed by atoms with Crippen molar-refractivity contribution >= 4 is 49.2 Å². The lowest BCUT2D eigenvalue weighted by molar-refractivity contribution is -0.133. The van der Waals surface area contributed by atoms with E-state index in [1.165, 1.54) is 27.6 Å². The summed E-state index contributed by atoms with van der Waals surface area (Å²) in [4.78, 5) is 32.7. The van der Waals surface area contributed by atoms with Crippen molar-refractivity contribution in [2.24, 2.45) is 0 Å². The zero-order chi connectivity index (χ0) is 17.0. The Hall–Kier alpha value is -2.18. The number of thiazole rings is 1. The van der Waals surface area contributed by atoms with Gasteiger partial charge in [0.25, 0.3) is 5.91 Å². The van der Waals surface area contributed by atoms with Gasteiger partial charge in [-0.25, -0.2) is 9.78 Å². The first-order chi connectivity index (χ1) is 10.9. The molecule has 0 N–H and O–H groups in total. The minimum absolute atomic E-state index is 0.247. The van der Waals surface area contributed by atoms with Crippen LogP contribution in [0.4, 0.5) is 5.13 Å². The van der Waals surface area contributed by atoms with Gasteiger partial charge in [-0.3, -0.25) is 4.79 Å². The number of nitriles is 1. The van der Waals surface area contributed by atoms with Crippen LogP contribution in [0.15, 0.2) is 6.07 Å². The molecule has 122 valence electrons. The van der Waals surface area contributed by atoms with Crippen molar-refractivity contribution < 1.29 is 14.3 Å². The van der Waals surface area contributed by atoms with Crippen LogP contribution in [0, 0.1) is 11.3 Å². The second kappa shape index (κ2) is 7.39. The van der Waals surface area contributed by atoms with Crippen molar-refractivity contribution in [1.82, 2.24) is 9.88 Å². The van der Waals surface area contributed by atoms with Crippen molar-refractivity contribution in [3.8, 4) is 6.07 Å². The van der Waals surface area contributed by atoms with E-state index in [0.29, 0.717) is 11.4 Å². The molecular weight excluding hydrogens is 336 g/mol. The van der Waals surface area contributed by atoms with E-state index in [4.69, 9.17) is 10.00 Å². The molecule has 0 fully saturated rings. The summed E-state index contributed by atoms with van der Waals surface area (Å²) in [7, 11) is 5.39. The van der Waals surface area contributed by atoms with Crippen LogP contribution >= 0.6 is 22.7 Å². The first-order valence-corrected chi connectivity index (χ1v) is 8.41. The fourth-order valence-electron chi connectivity index (χ4n) is 1.67. The maximum atomic E-state index is 12.0. The topological polar surface area (TPSA) is 86.5 Å². The van der Waals surface area contributed by atoms with Crippen LogP contribution in [-0.4, -0.2) is 56.1 Å². The van der Waals surface area contributed by atoms with Crippen molar-refractivity contribution in [3.05, 3.63) is 10.9 Å². The Kier molecular flexibility index (Phi) is 5.52. The molecule has 0 saturated carbocycles. The van der Waals surface area contributed by atoms with Crippen LogP contribution in [0.2, 0.25) is 0 Å². The first kappa shape index (κ1) is 17.2. The summed E-state index contributed by atoms with van der Waals surface area (Å²) >= 11 is 2.74. The van der Waals surface area contributed by atoms with Crippen molar-refractivity contribution in [1.29, 1.82) is 5.26 Å². The molecule has 0 bridgehead atoms. The molecule has 9 heteroatoms. The molecule has 0 unspecified atom stereocenters. The molecule has 7 nitrogen and oxygen atoms in total. The highest BCUT2D eigenvalue weighted by Crippen LogP contribution is 2.34. The van der Waals surface area contributed by atoms with Gasteiger partial charge < -0.3 is 14.5 Å². The summed E-state index contributed by atoms with van der Waals surface area (Å²) in [5.41, 5.74) is 0. The van der Waals surface area contributed by atoms with E-state index in [-0.39, 0.29) is 18.9 Å². The Morgan fingerprint density at radius 1 is 1.35 bits per heavy atom. The number of ether oxygens (including phenoxy) is 1. The number of carbonyl (C=O) groups is 2. The summed E-state index contributed by atoms with van der Waals surface area (Å²) in [6.07, 6.45) is 0.247. The number of fused-ring (bicyclic) bond motifs is 1. The maximum Gasteiger partial charge on any atom is 0.348 e. The molecule has 2 rings (SSSR count). The second-order valence-corrected chi connectivity index (χ2v) is 7.01. The lowest BCUT2D eigenvalue weighted by Crippen LogP contribution is -2.31. The van der Waals surface area contributed by atoms with E-state index in [2.05, 4.69) is 4.98 Å². The molecule has 2 heterocycles. The molecule has 23 heavy (non-hydrogen) atoms. The average Bonchev–Trinajstić information content (AvgIpc) is 3.08. The largest absolute Gasteiger partial charge is 0.451 e. The minimum Gasteiger partial charge on any atom is -0.451 e. The summed E-state index contributed by atoms with van der Waals surface area (Å²) in [6, 6.07) is 3.69. The monoisotopic (exact) mass is 352 g/mol. The van der Waals surface area contributed by atoms with E-state index in [1.54, 1.807) is 13.1 Å². The first-order valence-electron chi connectivity index (χ1n) is 6.78. The molecule has 0 radical (unpaired) electrons. The Bertz CT molecular complexity index is 728. The summed E-state index contributed by atoms with van der Waals surface area (Å²) in [5.74, 6) is -0.867. The van der Waals surface area contributed by atoms with Crippen molar-refractivity contribution in [2.75, 3.05) is 39.2 Å². The van der Waals surface area contributed by atoms with Gasteiger partial charge in [0.1, 0.15) is 9.71 Å². The molecular formula is C14H16N4O3S2. The highest BCUT2D eigenvalue weighted by atomic mass is 32.1. The van der Waals surface area contributed by atoms with Gasteiger partial charge in [-0.15, -0.1) is 11.3 Å². The van der Waals surface area contributed by atoms with E-state index in [9.17, 15) is 9.59 Å². The van der Waals surface area contributed by atoms with Crippen molar-refractivity contribution in [2.45, 2.75) is 6.42 Å². The number of rotatable bonds is 6. The second-order valence-electron chi connectivity index (χ2n) is 4.97. The number of likely N-dealkylation sites (N-methyl/N-ethyl adjacent to an activating group) is 1. The highest BCUT2D eigenvalue weighted by molar-refractivity contribution is 7.29. The summed E-state index contributed by atoms with van der Waals surface area (Å²) < 4.78 is 5.95. The summed E-state index contributed by atoms with van der Waals surface area (Å²) in [6.45, 7) is -0.0124. The van der Waals surface area contributed by atoms with Gasteiger partial charge in [-0.1, -0.05) is 11.3 Å². The minimum atomic E-state index is -0.534. The Balaban J connectivity index is 1.94. The van der Waals surface area contributed by atoms with Crippen LogP contribution in [0.5, 0.6) is 0 Å². The fourth-order valence-corrected chi connectivity index (χ4v) is 3.69. The predicted octanol–water partition coefficient (Wildman–Crippen LogP) is 1.95. The fraction of sp³-hybridized carbons (Fsp3) is 0.429. The molecule has 0 aliphatic rings. The summed E-state index contributed by atoms with van der Waals surface area (Å²) in [5, 5.41) is 9.36. The van der Waals surface area contributed by atoms with Gasteiger partial charge in [0.2, 0.25) is 0 Å². The van der Waals surface area contributed by atoms with Gasteiger partial charge in [0.15, 0.2) is 11.7 Å². The normalized spacial score (nSPS) is 10.3. The molecule has 0 aliphatic carbocycles. The number of esters is 1.